The lowest BCUT2D eigenvalue weighted by atomic mass is 10.1. The predicted molar refractivity (Wildman–Crippen MR) is 70.0 cm³/mol. The Morgan fingerprint density at radius 1 is 1.21 bits per heavy atom. The van der Waals surface area contributed by atoms with Gasteiger partial charge in [-0.05, 0) is 24.1 Å². The minimum atomic E-state index is -0.232. The molecular formula is C14H12FN3O. The van der Waals surface area contributed by atoms with Crippen molar-refractivity contribution in [1.29, 1.82) is 0 Å². The first-order valence-corrected chi connectivity index (χ1v) is 5.96. The molecule has 0 saturated heterocycles. The molecule has 0 radical (unpaired) electrons. The summed E-state index contributed by atoms with van der Waals surface area (Å²) in [7, 11) is 0. The number of nitrogens with zero attached hydrogens (tertiary/aromatic N) is 2. The van der Waals surface area contributed by atoms with Crippen LogP contribution in [0.1, 0.15) is 11.5 Å². The Labute approximate surface area is 109 Å². The second kappa shape index (κ2) is 4.68. The number of nitrogens with two attached hydrogens (primary N) is 1. The van der Waals surface area contributed by atoms with Gasteiger partial charge in [-0.2, -0.15) is 4.98 Å². The number of benzene rings is 1. The van der Waals surface area contributed by atoms with Crippen LogP contribution in [-0.2, 0) is 12.8 Å². The zero-order valence-electron chi connectivity index (χ0n) is 10.1. The molecule has 0 amide bonds. The summed E-state index contributed by atoms with van der Waals surface area (Å²) in [5.41, 5.74) is 8.20. The maximum Gasteiger partial charge on any atom is 0.198 e. The smallest absolute Gasteiger partial charge is 0.198 e. The molecule has 0 aliphatic rings. The number of oxazole rings is 1. The lowest BCUT2D eigenvalue weighted by Gasteiger charge is -1.98. The van der Waals surface area contributed by atoms with E-state index in [1.807, 2.05) is 6.07 Å². The topological polar surface area (TPSA) is 64.9 Å². The van der Waals surface area contributed by atoms with Crippen LogP contribution in [0.3, 0.4) is 0 Å². The van der Waals surface area contributed by atoms with Crippen LogP contribution in [0.25, 0.3) is 11.2 Å². The Kier molecular flexibility index (Phi) is 2.87. The van der Waals surface area contributed by atoms with E-state index in [0.29, 0.717) is 35.6 Å². The van der Waals surface area contributed by atoms with E-state index < -0.39 is 0 Å². The van der Waals surface area contributed by atoms with Gasteiger partial charge in [0.25, 0.3) is 0 Å². The maximum absolute atomic E-state index is 13.0. The molecule has 0 bridgehead atoms. The Bertz CT molecular complexity index is 724. The van der Waals surface area contributed by atoms with Crippen LogP contribution in [0.5, 0.6) is 0 Å². The quantitative estimate of drug-likeness (QED) is 0.783. The summed E-state index contributed by atoms with van der Waals surface area (Å²) >= 11 is 0. The third kappa shape index (κ3) is 2.54. The standard InChI is InChI=1S/C14H12FN3O/c15-10-3-1-2-9(6-10)4-5-13-18-14-12(19-13)7-11(16)8-17-14/h1-3,6-8H,4-5,16H2. The first kappa shape index (κ1) is 11.6. The van der Waals surface area contributed by atoms with E-state index in [4.69, 9.17) is 10.2 Å². The van der Waals surface area contributed by atoms with Gasteiger partial charge in [0.05, 0.1) is 11.9 Å². The molecular weight excluding hydrogens is 245 g/mol. The third-order valence-electron chi connectivity index (χ3n) is 2.83. The number of rotatable bonds is 3. The molecule has 0 spiro atoms. The number of fused-ring (bicyclic) bond motifs is 1. The SMILES string of the molecule is Nc1cnc2nc(CCc3cccc(F)c3)oc2c1. The van der Waals surface area contributed by atoms with Gasteiger partial charge in [-0.25, -0.2) is 9.37 Å². The molecule has 2 heterocycles. The van der Waals surface area contributed by atoms with E-state index in [1.54, 1.807) is 18.3 Å². The summed E-state index contributed by atoms with van der Waals surface area (Å²) in [4.78, 5) is 8.34. The highest BCUT2D eigenvalue weighted by atomic mass is 19.1. The lowest BCUT2D eigenvalue weighted by molar-refractivity contribution is 0.527. The van der Waals surface area contributed by atoms with Gasteiger partial charge in [0.1, 0.15) is 5.82 Å². The molecule has 96 valence electrons. The highest BCUT2D eigenvalue weighted by Gasteiger charge is 2.07. The molecule has 0 aliphatic heterocycles. The zero-order valence-corrected chi connectivity index (χ0v) is 10.1. The van der Waals surface area contributed by atoms with Crippen molar-refractivity contribution in [2.45, 2.75) is 12.8 Å². The summed E-state index contributed by atoms with van der Waals surface area (Å²) in [5.74, 6) is 0.349. The average Bonchev–Trinajstić information content (AvgIpc) is 2.78. The van der Waals surface area contributed by atoms with Gasteiger partial charge in [0, 0.05) is 12.5 Å². The number of nitrogen functional groups attached to an aromatic ring is 1. The Balaban J connectivity index is 1.78. The van der Waals surface area contributed by atoms with E-state index >= 15 is 0 Å². The first-order chi connectivity index (χ1) is 9.20. The Hall–Kier alpha value is -2.43. The Morgan fingerprint density at radius 3 is 2.95 bits per heavy atom. The minimum absolute atomic E-state index is 0.232. The number of aryl methyl sites for hydroxylation is 2. The van der Waals surface area contributed by atoms with Crippen molar-refractivity contribution in [3.63, 3.8) is 0 Å². The molecule has 0 atom stereocenters. The molecule has 3 aromatic rings. The number of hydrogen-bond donors (Lipinski definition) is 1. The van der Waals surface area contributed by atoms with E-state index in [-0.39, 0.29) is 5.82 Å². The number of aromatic nitrogens is 2. The number of pyridine rings is 1. The molecule has 2 N–H and O–H groups in total. The summed E-state index contributed by atoms with van der Waals surface area (Å²) in [5, 5.41) is 0. The van der Waals surface area contributed by atoms with Crippen molar-refractivity contribution in [3.8, 4) is 0 Å². The van der Waals surface area contributed by atoms with Crippen LogP contribution >= 0.6 is 0 Å². The van der Waals surface area contributed by atoms with E-state index in [0.717, 1.165) is 5.56 Å². The fraction of sp³-hybridized carbons (Fsp3) is 0.143. The fourth-order valence-corrected chi connectivity index (χ4v) is 1.93. The molecule has 0 fully saturated rings. The molecule has 0 aliphatic carbocycles. The highest BCUT2D eigenvalue weighted by molar-refractivity contribution is 5.71. The minimum Gasteiger partial charge on any atom is -0.439 e. The van der Waals surface area contributed by atoms with E-state index in [1.165, 1.54) is 12.1 Å². The van der Waals surface area contributed by atoms with Crippen LogP contribution in [-0.4, -0.2) is 9.97 Å². The summed E-state index contributed by atoms with van der Waals surface area (Å²) in [6.45, 7) is 0. The maximum atomic E-state index is 13.0. The molecule has 4 nitrogen and oxygen atoms in total. The molecule has 5 heteroatoms. The summed E-state index contributed by atoms with van der Waals surface area (Å²) < 4.78 is 18.6. The fourth-order valence-electron chi connectivity index (χ4n) is 1.93. The van der Waals surface area contributed by atoms with Crippen molar-refractivity contribution >= 4 is 16.9 Å². The van der Waals surface area contributed by atoms with E-state index in [2.05, 4.69) is 9.97 Å². The van der Waals surface area contributed by atoms with Gasteiger partial charge in [0.15, 0.2) is 17.1 Å². The predicted octanol–water partition coefficient (Wildman–Crippen LogP) is 2.73. The number of halogens is 1. The zero-order chi connectivity index (χ0) is 13.2. The molecule has 3 rings (SSSR count). The van der Waals surface area contributed by atoms with Crippen molar-refractivity contribution in [2.75, 3.05) is 5.73 Å². The molecule has 19 heavy (non-hydrogen) atoms. The largest absolute Gasteiger partial charge is 0.439 e. The van der Waals surface area contributed by atoms with Crippen LogP contribution in [0.4, 0.5) is 10.1 Å². The first-order valence-electron chi connectivity index (χ1n) is 5.96. The normalized spacial score (nSPS) is 11.0. The second-order valence-electron chi connectivity index (χ2n) is 4.33. The van der Waals surface area contributed by atoms with Crippen LogP contribution in [0.2, 0.25) is 0 Å². The van der Waals surface area contributed by atoms with Gasteiger partial charge in [0.2, 0.25) is 0 Å². The Morgan fingerprint density at radius 2 is 2.11 bits per heavy atom. The average molecular weight is 257 g/mol. The van der Waals surface area contributed by atoms with Gasteiger partial charge >= 0.3 is 0 Å². The van der Waals surface area contributed by atoms with Crippen LogP contribution < -0.4 is 5.73 Å². The highest BCUT2D eigenvalue weighted by Crippen LogP contribution is 2.17. The number of hydrogen-bond acceptors (Lipinski definition) is 4. The van der Waals surface area contributed by atoms with Gasteiger partial charge in [-0.3, -0.25) is 0 Å². The van der Waals surface area contributed by atoms with Crippen molar-refractivity contribution < 1.29 is 8.81 Å². The van der Waals surface area contributed by atoms with Gasteiger partial charge in [-0.15, -0.1) is 0 Å². The number of anilines is 1. The van der Waals surface area contributed by atoms with Crippen LogP contribution in [0.15, 0.2) is 40.9 Å². The summed E-state index contributed by atoms with van der Waals surface area (Å²) in [6, 6.07) is 8.20. The molecule has 0 unspecified atom stereocenters. The van der Waals surface area contributed by atoms with Crippen molar-refractivity contribution in [1.82, 2.24) is 9.97 Å². The second-order valence-corrected chi connectivity index (χ2v) is 4.33. The lowest BCUT2D eigenvalue weighted by Crippen LogP contribution is -1.92. The third-order valence-corrected chi connectivity index (χ3v) is 2.83. The van der Waals surface area contributed by atoms with Gasteiger partial charge in [-0.1, -0.05) is 12.1 Å². The molecule has 2 aromatic heterocycles. The van der Waals surface area contributed by atoms with Crippen LogP contribution in [0, 0.1) is 5.82 Å². The monoisotopic (exact) mass is 257 g/mol. The van der Waals surface area contributed by atoms with Crippen molar-refractivity contribution in [3.05, 3.63) is 53.8 Å². The van der Waals surface area contributed by atoms with Crippen molar-refractivity contribution in [2.24, 2.45) is 0 Å². The molecule has 0 saturated carbocycles. The molecule has 1 aromatic carbocycles. The van der Waals surface area contributed by atoms with Gasteiger partial charge < -0.3 is 10.2 Å². The van der Waals surface area contributed by atoms with E-state index in [9.17, 15) is 4.39 Å². The summed E-state index contributed by atoms with van der Waals surface area (Å²) in [6.07, 6.45) is 2.81.